The summed E-state index contributed by atoms with van der Waals surface area (Å²) in [6.45, 7) is 2.35. The third-order valence-electron chi connectivity index (χ3n) is 4.32. The first kappa shape index (κ1) is 17.3. The standard InChI is InChI=1S/C18H23BrN2O3/c1-22-17-9-13(14-8-15(19)18(20)21-10-14)2-3-16(17)24-11-12-4-6-23-7-5-12/h2-3,8-10,12,18,21H,4-7,11,20H2,1H3. The summed E-state index contributed by atoms with van der Waals surface area (Å²) in [7, 11) is 1.66. The maximum absolute atomic E-state index is 5.99. The van der Waals surface area contributed by atoms with Gasteiger partial charge in [0.15, 0.2) is 11.5 Å². The van der Waals surface area contributed by atoms with Gasteiger partial charge in [0.2, 0.25) is 0 Å². The zero-order chi connectivity index (χ0) is 16.9. The largest absolute Gasteiger partial charge is 0.493 e. The summed E-state index contributed by atoms with van der Waals surface area (Å²) in [4.78, 5) is 0. The number of dihydropyridines is 1. The van der Waals surface area contributed by atoms with Gasteiger partial charge in [0.05, 0.1) is 13.7 Å². The molecule has 5 nitrogen and oxygen atoms in total. The Morgan fingerprint density at radius 1 is 1.29 bits per heavy atom. The molecule has 3 N–H and O–H groups in total. The van der Waals surface area contributed by atoms with Crippen molar-refractivity contribution >= 4 is 21.5 Å². The number of allylic oxidation sites excluding steroid dienone is 2. The first-order chi connectivity index (χ1) is 11.7. The zero-order valence-electron chi connectivity index (χ0n) is 13.8. The minimum atomic E-state index is -0.197. The summed E-state index contributed by atoms with van der Waals surface area (Å²) < 4.78 is 17.8. The number of nitrogens with one attached hydrogen (secondary N) is 1. The molecule has 6 heteroatoms. The summed E-state index contributed by atoms with van der Waals surface area (Å²) in [6, 6.07) is 5.98. The SMILES string of the molecule is COc1cc(C2=CNC(N)C(Br)=C2)ccc1OCC1CCOCC1. The van der Waals surface area contributed by atoms with Crippen LogP contribution >= 0.6 is 15.9 Å². The van der Waals surface area contributed by atoms with E-state index in [0.29, 0.717) is 12.5 Å². The molecule has 1 aromatic carbocycles. The van der Waals surface area contributed by atoms with Gasteiger partial charge in [-0.05, 0) is 48.1 Å². The Bertz CT molecular complexity index is 639. The summed E-state index contributed by atoms with van der Waals surface area (Å²) in [5.41, 5.74) is 7.97. The molecule has 0 spiro atoms. The van der Waals surface area contributed by atoms with Gasteiger partial charge in [0.25, 0.3) is 0 Å². The number of hydrogen-bond donors (Lipinski definition) is 2. The Labute approximate surface area is 151 Å². The van der Waals surface area contributed by atoms with Crippen molar-refractivity contribution in [1.82, 2.24) is 5.32 Å². The lowest BCUT2D eigenvalue weighted by atomic mass is 10.0. The number of methoxy groups -OCH3 is 1. The lowest BCUT2D eigenvalue weighted by Gasteiger charge is -2.23. The third-order valence-corrected chi connectivity index (χ3v) is 5.04. The molecule has 1 unspecified atom stereocenters. The maximum Gasteiger partial charge on any atom is 0.161 e. The molecule has 2 aliphatic rings. The Balaban J connectivity index is 1.71. The van der Waals surface area contributed by atoms with E-state index >= 15 is 0 Å². The predicted molar refractivity (Wildman–Crippen MR) is 98.1 cm³/mol. The second kappa shape index (κ2) is 8.05. The van der Waals surface area contributed by atoms with E-state index in [1.165, 1.54) is 0 Å². The third kappa shape index (κ3) is 4.12. The van der Waals surface area contributed by atoms with Gasteiger partial charge in [-0.15, -0.1) is 0 Å². The van der Waals surface area contributed by atoms with Gasteiger partial charge in [0.1, 0.15) is 6.17 Å². The monoisotopic (exact) mass is 394 g/mol. The van der Waals surface area contributed by atoms with Gasteiger partial charge in [-0.25, -0.2) is 0 Å². The van der Waals surface area contributed by atoms with Crippen molar-refractivity contribution in [2.45, 2.75) is 19.0 Å². The van der Waals surface area contributed by atoms with Crippen molar-refractivity contribution in [2.75, 3.05) is 26.9 Å². The van der Waals surface area contributed by atoms with Crippen LogP contribution in [0.5, 0.6) is 11.5 Å². The predicted octanol–water partition coefficient (Wildman–Crippen LogP) is 3.01. The molecule has 2 heterocycles. The fourth-order valence-corrected chi connectivity index (χ4v) is 3.17. The van der Waals surface area contributed by atoms with Gasteiger partial charge in [-0.2, -0.15) is 0 Å². The fourth-order valence-electron chi connectivity index (χ4n) is 2.79. The van der Waals surface area contributed by atoms with Crippen molar-refractivity contribution in [2.24, 2.45) is 11.7 Å². The minimum absolute atomic E-state index is 0.197. The number of nitrogens with two attached hydrogens (primary N) is 1. The van der Waals surface area contributed by atoms with Crippen molar-refractivity contribution in [1.29, 1.82) is 0 Å². The molecular weight excluding hydrogens is 372 g/mol. The maximum atomic E-state index is 5.99. The quantitative estimate of drug-likeness (QED) is 0.803. The summed E-state index contributed by atoms with van der Waals surface area (Å²) >= 11 is 3.48. The topological polar surface area (TPSA) is 65.7 Å². The van der Waals surface area contributed by atoms with E-state index < -0.39 is 0 Å². The van der Waals surface area contributed by atoms with Gasteiger partial charge in [0, 0.05) is 23.9 Å². The van der Waals surface area contributed by atoms with Gasteiger partial charge < -0.3 is 25.3 Å². The van der Waals surface area contributed by atoms with E-state index in [1.807, 2.05) is 30.5 Å². The van der Waals surface area contributed by atoms with Crippen LogP contribution in [0.2, 0.25) is 0 Å². The molecule has 1 aromatic rings. The van der Waals surface area contributed by atoms with Crippen LogP contribution in [-0.4, -0.2) is 33.1 Å². The molecule has 1 atom stereocenters. The Kier molecular flexibility index (Phi) is 5.81. The first-order valence-electron chi connectivity index (χ1n) is 8.15. The van der Waals surface area contributed by atoms with E-state index in [9.17, 15) is 0 Å². The molecular formula is C18H23BrN2O3. The Morgan fingerprint density at radius 3 is 2.79 bits per heavy atom. The van der Waals surface area contributed by atoms with Crippen molar-refractivity contribution < 1.29 is 14.2 Å². The van der Waals surface area contributed by atoms with Gasteiger partial charge in [-0.3, -0.25) is 0 Å². The van der Waals surface area contributed by atoms with Crippen molar-refractivity contribution in [3.8, 4) is 11.5 Å². The molecule has 0 radical (unpaired) electrons. The number of halogens is 1. The molecule has 0 saturated carbocycles. The number of benzene rings is 1. The van der Waals surface area contributed by atoms with E-state index in [-0.39, 0.29) is 6.17 Å². The van der Waals surface area contributed by atoms with Crippen LogP contribution in [0, 0.1) is 5.92 Å². The first-order valence-corrected chi connectivity index (χ1v) is 8.94. The fraction of sp³-hybridized carbons (Fsp3) is 0.444. The van der Waals surface area contributed by atoms with Crippen molar-refractivity contribution in [3.63, 3.8) is 0 Å². The summed E-state index contributed by atoms with van der Waals surface area (Å²) in [5, 5.41) is 3.12. The zero-order valence-corrected chi connectivity index (χ0v) is 15.3. The molecule has 24 heavy (non-hydrogen) atoms. The number of rotatable bonds is 5. The van der Waals surface area contributed by atoms with Crippen LogP contribution in [0.15, 0.2) is 35.0 Å². The van der Waals surface area contributed by atoms with Gasteiger partial charge in [-0.1, -0.05) is 22.0 Å². The normalized spacial score (nSPS) is 21.5. The molecule has 3 rings (SSSR count). The molecule has 2 aliphatic heterocycles. The highest BCUT2D eigenvalue weighted by Crippen LogP contribution is 2.33. The highest BCUT2D eigenvalue weighted by atomic mass is 79.9. The second-order valence-corrected chi connectivity index (χ2v) is 6.92. The Hall–Kier alpha value is -1.50. The molecule has 1 fully saturated rings. The van der Waals surface area contributed by atoms with Crippen LogP contribution in [-0.2, 0) is 4.74 Å². The summed E-state index contributed by atoms with van der Waals surface area (Å²) in [6.07, 6.45) is 5.83. The van der Waals surface area contributed by atoms with Crippen LogP contribution in [0.4, 0.5) is 0 Å². The highest BCUT2D eigenvalue weighted by molar-refractivity contribution is 9.11. The van der Waals surface area contributed by atoms with E-state index in [2.05, 4.69) is 21.2 Å². The van der Waals surface area contributed by atoms with Crippen molar-refractivity contribution in [3.05, 3.63) is 40.5 Å². The van der Waals surface area contributed by atoms with E-state index in [1.54, 1.807) is 7.11 Å². The molecule has 0 aliphatic carbocycles. The lowest BCUT2D eigenvalue weighted by Crippen LogP contribution is -2.35. The molecule has 130 valence electrons. The Morgan fingerprint density at radius 2 is 2.08 bits per heavy atom. The highest BCUT2D eigenvalue weighted by Gasteiger charge is 2.17. The lowest BCUT2D eigenvalue weighted by molar-refractivity contribution is 0.0493. The smallest absolute Gasteiger partial charge is 0.161 e. The van der Waals surface area contributed by atoms with Crippen LogP contribution in [0.1, 0.15) is 18.4 Å². The van der Waals surface area contributed by atoms with Crippen LogP contribution in [0.3, 0.4) is 0 Å². The second-order valence-electron chi connectivity index (χ2n) is 6.01. The van der Waals surface area contributed by atoms with Gasteiger partial charge >= 0.3 is 0 Å². The average Bonchev–Trinajstić information content (AvgIpc) is 2.63. The molecule has 0 aromatic heterocycles. The average molecular weight is 395 g/mol. The van der Waals surface area contributed by atoms with E-state index in [4.69, 9.17) is 19.9 Å². The number of hydrogen-bond acceptors (Lipinski definition) is 5. The number of ether oxygens (including phenoxy) is 3. The summed E-state index contributed by atoms with van der Waals surface area (Å²) in [5.74, 6) is 2.06. The molecule has 1 saturated heterocycles. The van der Waals surface area contributed by atoms with E-state index in [0.717, 1.165) is 53.2 Å². The molecule has 0 amide bonds. The van der Waals surface area contributed by atoms with Crippen LogP contribution in [0.25, 0.3) is 5.57 Å². The van der Waals surface area contributed by atoms with Crippen LogP contribution < -0.4 is 20.5 Å². The molecule has 0 bridgehead atoms. The minimum Gasteiger partial charge on any atom is -0.493 e.